The van der Waals surface area contributed by atoms with E-state index in [0.29, 0.717) is 21.1 Å². The molecular formula is C11H10BrFN2. The number of nitrogens with zero attached hydrogens (tertiary/aromatic N) is 1. The van der Waals surface area contributed by atoms with Crippen molar-refractivity contribution in [2.24, 2.45) is 0 Å². The van der Waals surface area contributed by atoms with Crippen LogP contribution in [0.3, 0.4) is 0 Å². The van der Waals surface area contributed by atoms with Crippen LogP contribution in [0.2, 0.25) is 0 Å². The number of benzene rings is 1. The number of halogens is 2. The van der Waals surface area contributed by atoms with Crippen LogP contribution in [0.15, 0.2) is 22.7 Å². The Hall–Kier alpha value is -1.16. The molecule has 0 fully saturated rings. The zero-order valence-electron chi connectivity index (χ0n) is 8.22. The summed E-state index contributed by atoms with van der Waals surface area (Å²) in [6, 6.07) is 4.96. The molecule has 2 nitrogen and oxygen atoms in total. The second kappa shape index (κ2) is 3.77. The van der Waals surface area contributed by atoms with Gasteiger partial charge in [0.1, 0.15) is 5.52 Å². The summed E-state index contributed by atoms with van der Waals surface area (Å²) in [6.45, 7) is 1.96. The number of nitrogen functional groups attached to an aromatic ring is 1. The molecule has 4 heteroatoms. The molecule has 0 saturated carbocycles. The first-order valence-electron chi connectivity index (χ1n) is 4.66. The average molecular weight is 269 g/mol. The van der Waals surface area contributed by atoms with E-state index in [4.69, 9.17) is 5.73 Å². The maximum atomic E-state index is 13.6. The van der Waals surface area contributed by atoms with E-state index in [2.05, 4.69) is 20.9 Å². The number of hydrogen-bond donors (Lipinski definition) is 1. The molecule has 1 aromatic carbocycles. The van der Waals surface area contributed by atoms with Gasteiger partial charge < -0.3 is 5.73 Å². The molecular weight excluding hydrogens is 259 g/mol. The lowest BCUT2D eigenvalue weighted by atomic mass is 10.1. The minimum Gasteiger partial charge on any atom is -0.398 e. The first-order valence-corrected chi connectivity index (χ1v) is 5.45. The van der Waals surface area contributed by atoms with Crippen LogP contribution in [-0.2, 0) is 6.42 Å². The Kier molecular flexibility index (Phi) is 2.61. The van der Waals surface area contributed by atoms with Crippen LogP contribution >= 0.6 is 15.9 Å². The van der Waals surface area contributed by atoms with Gasteiger partial charge in [0.15, 0.2) is 5.82 Å². The second-order valence-electron chi connectivity index (χ2n) is 3.34. The third-order valence-corrected chi connectivity index (χ3v) is 2.74. The number of fused-ring (bicyclic) bond motifs is 1. The van der Waals surface area contributed by atoms with E-state index >= 15 is 0 Å². The quantitative estimate of drug-likeness (QED) is 0.862. The minimum absolute atomic E-state index is 0.343. The van der Waals surface area contributed by atoms with E-state index < -0.39 is 0 Å². The van der Waals surface area contributed by atoms with E-state index in [1.54, 1.807) is 12.1 Å². The van der Waals surface area contributed by atoms with Gasteiger partial charge in [0, 0.05) is 21.2 Å². The fraction of sp³-hybridized carbons (Fsp3) is 0.182. The molecule has 78 valence electrons. The smallest absolute Gasteiger partial charge is 0.150 e. The zero-order valence-corrected chi connectivity index (χ0v) is 9.81. The van der Waals surface area contributed by atoms with E-state index in [0.717, 1.165) is 12.1 Å². The molecule has 0 unspecified atom stereocenters. The topological polar surface area (TPSA) is 38.9 Å². The van der Waals surface area contributed by atoms with Crippen molar-refractivity contribution in [3.05, 3.63) is 34.2 Å². The summed E-state index contributed by atoms with van der Waals surface area (Å²) in [7, 11) is 0. The number of rotatable bonds is 1. The minimum atomic E-state index is -0.346. The Bertz CT molecular complexity index is 525. The normalized spacial score (nSPS) is 10.9. The molecule has 15 heavy (non-hydrogen) atoms. The van der Waals surface area contributed by atoms with Crippen LogP contribution in [0.1, 0.15) is 12.6 Å². The van der Waals surface area contributed by atoms with Crippen molar-refractivity contribution in [1.29, 1.82) is 0 Å². The number of aryl methyl sites for hydroxylation is 1. The molecule has 2 aromatic rings. The largest absolute Gasteiger partial charge is 0.398 e. The number of aromatic nitrogens is 1. The highest BCUT2D eigenvalue weighted by Gasteiger charge is 2.08. The summed E-state index contributed by atoms with van der Waals surface area (Å²) in [5, 5.41) is 0.652. The summed E-state index contributed by atoms with van der Waals surface area (Å²) >= 11 is 3.23. The Morgan fingerprint density at radius 2 is 2.13 bits per heavy atom. The maximum Gasteiger partial charge on any atom is 0.150 e. The highest BCUT2D eigenvalue weighted by Crippen LogP contribution is 2.27. The van der Waals surface area contributed by atoms with Gasteiger partial charge >= 0.3 is 0 Å². The summed E-state index contributed by atoms with van der Waals surface area (Å²) in [5.41, 5.74) is 7.56. The molecule has 1 heterocycles. The van der Waals surface area contributed by atoms with Gasteiger partial charge in [0.25, 0.3) is 0 Å². The predicted octanol–water partition coefficient (Wildman–Crippen LogP) is 3.28. The molecule has 2 rings (SSSR count). The second-order valence-corrected chi connectivity index (χ2v) is 4.26. The van der Waals surface area contributed by atoms with Crippen molar-refractivity contribution in [1.82, 2.24) is 4.98 Å². The SMILES string of the molecule is CCc1cc(N)c2cc(Br)cc(F)c2n1. The number of anilines is 1. The first kappa shape index (κ1) is 10.4. The third-order valence-electron chi connectivity index (χ3n) is 2.28. The van der Waals surface area contributed by atoms with E-state index in [1.165, 1.54) is 6.07 Å². The van der Waals surface area contributed by atoms with Crippen molar-refractivity contribution < 1.29 is 4.39 Å². The van der Waals surface area contributed by atoms with Crippen molar-refractivity contribution in [2.75, 3.05) is 5.73 Å². The molecule has 0 amide bonds. The summed E-state index contributed by atoms with van der Waals surface area (Å²) in [6.07, 6.45) is 0.746. The molecule has 0 radical (unpaired) electrons. The zero-order chi connectivity index (χ0) is 11.0. The Labute approximate surface area is 95.4 Å². The van der Waals surface area contributed by atoms with E-state index in [9.17, 15) is 4.39 Å². The van der Waals surface area contributed by atoms with Gasteiger partial charge in [-0.2, -0.15) is 0 Å². The Morgan fingerprint density at radius 1 is 1.40 bits per heavy atom. The Morgan fingerprint density at radius 3 is 2.80 bits per heavy atom. The average Bonchev–Trinajstić information content (AvgIpc) is 2.19. The van der Waals surface area contributed by atoms with Crippen molar-refractivity contribution in [2.45, 2.75) is 13.3 Å². The van der Waals surface area contributed by atoms with Gasteiger partial charge in [-0.3, -0.25) is 0 Å². The molecule has 0 spiro atoms. The maximum absolute atomic E-state index is 13.6. The monoisotopic (exact) mass is 268 g/mol. The van der Waals surface area contributed by atoms with E-state index in [1.807, 2.05) is 6.92 Å². The van der Waals surface area contributed by atoms with Gasteiger partial charge in [-0.15, -0.1) is 0 Å². The summed E-state index contributed by atoms with van der Waals surface area (Å²) in [5.74, 6) is -0.346. The van der Waals surface area contributed by atoms with Gasteiger partial charge in [0.05, 0.1) is 0 Å². The molecule has 0 aliphatic heterocycles. The van der Waals surface area contributed by atoms with Crippen molar-refractivity contribution in [3.63, 3.8) is 0 Å². The van der Waals surface area contributed by atoms with Crippen LogP contribution in [0.4, 0.5) is 10.1 Å². The predicted molar refractivity (Wildman–Crippen MR) is 63.2 cm³/mol. The Balaban J connectivity index is 2.85. The molecule has 0 aliphatic rings. The molecule has 0 atom stereocenters. The van der Waals surface area contributed by atoms with Gasteiger partial charge in [-0.1, -0.05) is 22.9 Å². The number of pyridine rings is 1. The van der Waals surface area contributed by atoms with Crippen LogP contribution in [-0.4, -0.2) is 4.98 Å². The van der Waals surface area contributed by atoms with Gasteiger partial charge in [0.2, 0.25) is 0 Å². The molecule has 0 bridgehead atoms. The first-order chi connectivity index (χ1) is 7.11. The van der Waals surface area contributed by atoms with Gasteiger partial charge in [-0.25, -0.2) is 9.37 Å². The van der Waals surface area contributed by atoms with Crippen LogP contribution in [0.25, 0.3) is 10.9 Å². The van der Waals surface area contributed by atoms with E-state index in [-0.39, 0.29) is 5.82 Å². The van der Waals surface area contributed by atoms with Crippen LogP contribution in [0, 0.1) is 5.82 Å². The number of nitrogens with two attached hydrogens (primary N) is 1. The lowest BCUT2D eigenvalue weighted by Crippen LogP contribution is -1.96. The standard InChI is InChI=1S/C11H10BrFN2/c1-2-7-5-10(14)8-3-6(12)4-9(13)11(8)15-7/h3-5H,2H2,1H3,(H2,14,15). The lowest BCUT2D eigenvalue weighted by molar-refractivity contribution is 0.635. The van der Waals surface area contributed by atoms with Crippen molar-refractivity contribution >= 4 is 32.5 Å². The van der Waals surface area contributed by atoms with Crippen molar-refractivity contribution in [3.8, 4) is 0 Å². The molecule has 0 saturated heterocycles. The van der Waals surface area contributed by atoms with Crippen LogP contribution < -0.4 is 5.73 Å². The fourth-order valence-corrected chi connectivity index (χ4v) is 1.94. The lowest BCUT2D eigenvalue weighted by Gasteiger charge is -2.06. The molecule has 1 aromatic heterocycles. The highest BCUT2D eigenvalue weighted by atomic mass is 79.9. The summed E-state index contributed by atoms with van der Waals surface area (Å²) < 4.78 is 14.3. The molecule has 2 N–H and O–H groups in total. The van der Waals surface area contributed by atoms with Crippen LogP contribution in [0.5, 0.6) is 0 Å². The highest BCUT2D eigenvalue weighted by molar-refractivity contribution is 9.10. The number of hydrogen-bond acceptors (Lipinski definition) is 2. The van der Waals surface area contributed by atoms with Gasteiger partial charge in [-0.05, 0) is 24.6 Å². The molecule has 0 aliphatic carbocycles. The third kappa shape index (κ3) is 1.81. The fourth-order valence-electron chi connectivity index (χ4n) is 1.51. The summed E-state index contributed by atoms with van der Waals surface area (Å²) in [4.78, 5) is 4.22.